The van der Waals surface area contributed by atoms with E-state index in [-0.39, 0.29) is 29.5 Å². The maximum atomic E-state index is 13.1. The van der Waals surface area contributed by atoms with Gasteiger partial charge in [-0.25, -0.2) is 4.39 Å². The molecule has 0 aromatic heterocycles. The number of hydrogen-bond acceptors (Lipinski definition) is 2. The number of benzene rings is 1. The maximum Gasteiger partial charge on any atom is 0.233 e. The molecule has 0 atom stereocenters. The van der Waals surface area contributed by atoms with Gasteiger partial charge < -0.3 is 10.6 Å². The zero-order valence-corrected chi connectivity index (χ0v) is 11.1. The first-order chi connectivity index (χ1) is 8.16. The van der Waals surface area contributed by atoms with E-state index < -0.39 is 0 Å². The highest BCUT2D eigenvalue weighted by molar-refractivity contribution is 5.85. The molecular weight excluding hydrogens is 255 g/mol. The quantitative estimate of drug-likeness (QED) is 0.855. The van der Waals surface area contributed by atoms with Crippen molar-refractivity contribution in [1.82, 2.24) is 10.6 Å². The first kappa shape index (κ1) is 14.9. The van der Waals surface area contributed by atoms with Crippen molar-refractivity contribution in [2.45, 2.75) is 18.3 Å². The van der Waals surface area contributed by atoms with E-state index in [0.29, 0.717) is 13.1 Å². The number of carbonyl (C=O) groups is 1. The summed E-state index contributed by atoms with van der Waals surface area (Å²) in [6.07, 6.45) is 2.02. The average molecular weight is 273 g/mol. The van der Waals surface area contributed by atoms with Gasteiger partial charge in [-0.15, -0.1) is 12.4 Å². The molecule has 2 rings (SSSR count). The minimum atomic E-state index is -0.213. The molecule has 1 aromatic rings. The number of likely N-dealkylation sites (N-methyl/N-ethyl adjacent to an activating group) is 1. The summed E-state index contributed by atoms with van der Waals surface area (Å²) in [6, 6.07) is 6.66. The fraction of sp³-hybridized carbons (Fsp3) is 0.462. The summed E-state index contributed by atoms with van der Waals surface area (Å²) < 4.78 is 13.1. The highest BCUT2D eigenvalue weighted by Gasteiger charge is 2.44. The predicted molar refractivity (Wildman–Crippen MR) is 71.5 cm³/mol. The molecule has 18 heavy (non-hydrogen) atoms. The molecule has 5 heteroatoms. The zero-order valence-electron chi connectivity index (χ0n) is 10.3. The number of rotatable bonds is 5. The van der Waals surface area contributed by atoms with Gasteiger partial charge in [-0.05, 0) is 37.6 Å². The molecule has 0 bridgehead atoms. The topological polar surface area (TPSA) is 41.1 Å². The van der Waals surface area contributed by atoms with Gasteiger partial charge in [0.1, 0.15) is 5.82 Å². The molecule has 0 heterocycles. The van der Waals surface area contributed by atoms with Gasteiger partial charge in [0, 0.05) is 12.0 Å². The van der Waals surface area contributed by atoms with Crippen LogP contribution in [-0.2, 0) is 10.2 Å². The van der Waals surface area contributed by atoms with E-state index in [0.717, 1.165) is 18.4 Å². The molecule has 0 radical (unpaired) electrons. The van der Waals surface area contributed by atoms with Gasteiger partial charge in [-0.2, -0.15) is 0 Å². The number of nitrogens with one attached hydrogen (secondary N) is 2. The van der Waals surface area contributed by atoms with Crippen LogP contribution in [0.3, 0.4) is 0 Å². The largest absolute Gasteiger partial charge is 0.354 e. The lowest BCUT2D eigenvalue weighted by molar-refractivity contribution is -0.120. The molecule has 0 aliphatic heterocycles. The minimum Gasteiger partial charge on any atom is -0.354 e. The maximum absolute atomic E-state index is 13.1. The van der Waals surface area contributed by atoms with Crippen molar-refractivity contribution in [2.24, 2.45) is 0 Å². The molecule has 1 amide bonds. The van der Waals surface area contributed by atoms with Crippen LogP contribution in [0.4, 0.5) is 4.39 Å². The molecule has 0 saturated heterocycles. The molecule has 1 saturated carbocycles. The van der Waals surface area contributed by atoms with Crippen LogP contribution in [0, 0.1) is 5.82 Å². The fourth-order valence-electron chi connectivity index (χ4n) is 2.03. The van der Waals surface area contributed by atoms with Gasteiger partial charge in [-0.3, -0.25) is 4.79 Å². The van der Waals surface area contributed by atoms with E-state index in [2.05, 4.69) is 10.6 Å². The van der Waals surface area contributed by atoms with Crippen molar-refractivity contribution in [3.05, 3.63) is 35.6 Å². The number of hydrogen-bond donors (Lipinski definition) is 2. The molecule has 1 aromatic carbocycles. The number of amides is 1. The summed E-state index contributed by atoms with van der Waals surface area (Å²) >= 11 is 0. The second kappa shape index (κ2) is 6.16. The Bertz CT molecular complexity index is 421. The van der Waals surface area contributed by atoms with E-state index in [1.807, 2.05) is 6.07 Å². The minimum absolute atomic E-state index is 0. The van der Waals surface area contributed by atoms with Crippen molar-refractivity contribution < 1.29 is 9.18 Å². The molecule has 1 fully saturated rings. The summed E-state index contributed by atoms with van der Waals surface area (Å²) in [5, 5.41) is 5.68. The third kappa shape index (κ3) is 3.43. The fourth-order valence-corrected chi connectivity index (χ4v) is 2.03. The summed E-state index contributed by atoms with van der Waals surface area (Å²) in [5.74, 6) is -0.231. The molecule has 100 valence electrons. The monoisotopic (exact) mass is 272 g/mol. The SMILES string of the molecule is CNCC(=O)NCC1(c2cccc(F)c2)CC1.Cl. The lowest BCUT2D eigenvalue weighted by Crippen LogP contribution is -2.37. The second-order valence-corrected chi connectivity index (χ2v) is 4.60. The summed E-state index contributed by atoms with van der Waals surface area (Å²) in [4.78, 5) is 11.4. The van der Waals surface area contributed by atoms with E-state index in [9.17, 15) is 9.18 Å². The van der Waals surface area contributed by atoms with Crippen molar-refractivity contribution in [3.63, 3.8) is 0 Å². The number of halogens is 2. The first-order valence-corrected chi connectivity index (χ1v) is 5.84. The molecule has 3 nitrogen and oxygen atoms in total. The Labute approximate surface area is 113 Å². The standard InChI is InChI=1S/C13H17FN2O.ClH/c1-15-8-12(17)16-9-13(5-6-13)10-3-2-4-11(14)7-10;/h2-4,7,15H,5-6,8-9H2,1H3,(H,16,17);1H. The molecule has 0 spiro atoms. The Balaban J connectivity index is 0.00000162. The van der Waals surface area contributed by atoms with E-state index in [4.69, 9.17) is 0 Å². The van der Waals surface area contributed by atoms with Crippen LogP contribution in [0.25, 0.3) is 0 Å². The van der Waals surface area contributed by atoms with Crippen LogP contribution >= 0.6 is 12.4 Å². The highest BCUT2D eigenvalue weighted by Crippen LogP contribution is 2.47. The lowest BCUT2D eigenvalue weighted by atomic mass is 9.96. The third-order valence-electron chi connectivity index (χ3n) is 3.25. The summed E-state index contributed by atoms with van der Waals surface area (Å²) in [6.45, 7) is 0.913. The second-order valence-electron chi connectivity index (χ2n) is 4.60. The number of carbonyl (C=O) groups excluding carboxylic acids is 1. The van der Waals surface area contributed by atoms with Gasteiger partial charge in [0.25, 0.3) is 0 Å². The van der Waals surface area contributed by atoms with Crippen LogP contribution in [0.1, 0.15) is 18.4 Å². The Kier molecular flexibility index (Phi) is 5.11. The normalized spacial score (nSPS) is 15.7. The summed E-state index contributed by atoms with van der Waals surface area (Å²) in [7, 11) is 1.74. The van der Waals surface area contributed by atoms with Crippen LogP contribution in [-0.4, -0.2) is 26.0 Å². The summed E-state index contributed by atoms with van der Waals surface area (Å²) in [5.41, 5.74) is 0.952. The Morgan fingerprint density at radius 2 is 2.17 bits per heavy atom. The van der Waals surface area contributed by atoms with Crippen LogP contribution in [0.2, 0.25) is 0 Å². The van der Waals surface area contributed by atoms with Gasteiger partial charge in [0.15, 0.2) is 0 Å². The van der Waals surface area contributed by atoms with Crippen LogP contribution in [0.5, 0.6) is 0 Å². The van der Waals surface area contributed by atoms with Crippen molar-refractivity contribution >= 4 is 18.3 Å². The molecule has 1 aliphatic carbocycles. The van der Waals surface area contributed by atoms with Crippen LogP contribution in [0.15, 0.2) is 24.3 Å². The Hall–Kier alpha value is -1.13. The molecular formula is C13H18ClFN2O. The lowest BCUT2D eigenvalue weighted by Gasteiger charge is -2.16. The van der Waals surface area contributed by atoms with Gasteiger partial charge in [-0.1, -0.05) is 12.1 Å². The first-order valence-electron chi connectivity index (χ1n) is 5.84. The third-order valence-corrected chi connectivity index (χ3v) is 3.25. The Morgan fingerprint density at radius 3 is 2.72 bits per heavy atom. The van der Waals surface area contributed by atoms with Gasteiger partial charge >= 0.3 is 0 Å². The smallest absolute Gasteiger partial charge is 0.233 e. The molecule has 2 N–H and O–H groups in total. The van der Waals surface area contributed by atoms with Gasteiger partial charge in [0.05, 0.1) is 6.54 Å². The molecule has 1 aliphatic rings. The molecule has 0 unspecified atom stereocenters. The van der Waals surface area contributed by atoms with Crippen LogP contribution < -0.4 is 10.6 Å². The van der Waals surface area contributed by atoms with E-state index in [1.54, 1.807) is 19.2 Å². The predicted octanol–water partition coefficient (Wildman–Crippen LogP) is 1.61. The van der Waals surface area contributed by atoms with E-state index >= 15 is 0 Å². The Morgan fingerprint density at radius 1 is 1.44 bits per heavy atom. The van der Waals surface area contributed by atoms with Crippen molar-refractivity contribution in [1.29, 1.82) is 0 Å². The van der Waals surface area contributed by atoms with Crippen molar-refractivity contribution in [3.8, 4) is 0 Å². The average Bonchev–Trinajstić information content (AvgIpc) is 3.08. The van der Waals surface area contributed by atoms with E-state index in [1.165, 1.54) is 6.07 Å². The highest BCUT2D eigenvalue weighted by atomic mass is 35.5. The van der Waals surface area contributed by atoms with Gasteiger partial charge in [0.2, 0.25) is 5.91 Å². The zero-order chi connectivity index (χ0) is 12.3. The van der Waals surface area contributed by atoms with Crippen molar-refractivity contribution in [2.75, 3.05) is 20.1 Å².